The van der Waals surface area contributed by atoms with Gasteiger partial charge in [0.1, 0.15) is 5.52 Å². The third-order valence-corrected chi connectivity index (χ3v) is 7.20. The molecule has 0 bridgehead atoms. The number of carbonyl (C=O) groups excluding carboxylic acids is 1. The van der Waals surface area contributed by atoms with E-state index in [0.29, 0.717) is 13.1 Å². The number of oxazole rings is 1. The van der Waals surface area contributed by atoms with E-state index in [4.69, 9.17) is 4.42 Å². The summed E-state index contributed by atoms with van der Waals surface area (Å²) in [6.07, 6.45) is 1.54. The maximum Gasteiger partial charge on any atom is 0.223 e. The van der Waals surface area contributed by atoms with Crippen LogP contribution in [0.15, 0.2) is 57.8 Å². The van der Waals surface area contributed by atoms with Crippen LogP contribution in [0.25, 0.3) is 11.1 Å². The Labute approximate surface area is 170 Å². The van der Waals surface area contributed by atoms with E-state index < -0.39 is 9.84 Å². The molecule has 1 aliphatic rings. The van der Waals surface area contributed by atoms with E-state index in [2.05, 4.69) is 4.98 Å². The summed E-state index contributed by atoms with van der Waals surface area (Å²) in [4.78, 5) is 19.1. The van der Waals surface area contributed by atoms with Crippen LogP contribution in [0.2, 0.25) is 0 Å². The molecule has 0 atom stereocenters. The molecule has 2 heterocycles. The molecule has 4 rings (SSSR count). The summed E-state index contributed by atoms with van der Waals surface area (Å²) in [6.45, 7) is 3.09. The highest BCUT2D eigenvalue weighted by molar-refractivity contribution is 7.91. The lowest BCUT2D eigenvalue weighted by atomic mass is 9.96. The number of aromatic nitrogens is 1. The molecule has 1 amide bonds. The summed E-state index contributed by atoms with van der Waals surface area (Å²) in [5.41, 5.74) is 2.63. The second-order valence-corrected chi connectivity index (χ2v) is 9.67. The predicted octanol–water partition coefficient (Wildman–Crippen LogP) is 3.71. The first-order chi connectivity index (χ1) is 13.9. The van der Waals surface area contributed by atoms with Crippen LogP contribution < -0.4 is 0 Å². The quantitative estimate of drug-likeness (QED) is 0.638. The van der Waals surface area contributed by atoms with Crippen molar-refractivity contribution >= 4 is 26.8 Å². The number of rotatable bonds is 5. The van der Waals surface area contributed by atoms with Gasteiger partial charge in [0, 0.05) is 25.4 Å². The van der Waals surface area contributed by atoms with Crippen molar-refractivity contribution in [1.82, 2.24) is 9.88 Å². The largest absolute Gasteiger partial charge is 0.440 e. The molecule has 0 N–H and O–H groups in total. The van der Waals surface area contributed by atoms with Crippen molar-refractivity contribution in [2.45, 2.75) is 37.0 Å². The smallest absolute Gasteiger partial charge is 0.223 e. The Morgan fingerprint density at radius 1 is 1.10 bits per heavy atom. The fraction of sp³-hybridized carbons (Fsp3) is 0.364. The number of hydrogen-bond acceptors (Lipinski definition) is 5. The van der Waals surface area contributed by atoms with Gasteiger partial charge in [-0.15, -0.1) is 0 Å². The number of likely N-dealkylation sites (tertiary alicyclic amines) is 1. The Morgan fingerprint density at radius 3 is 2.48 bits per heavy atom. The maximum absolute atomic E-state index is 12.5. The van der Waals surface area contributed by atoms with Crippen LogP contribution in [-0.2, 0) is 14.6 Å². The van der Waals surface area contributed by atoms with E-state index >= 15 is 0 Å². The summed E-state index contributed by atoms with van der Waals surface area (Å²) < 4.78 is 30.8. The Bertz CT molecular complexity index is 1080. The van der Waals surface area contributed by atoms with Gasteiger partial charge < -0.3 is 9.32 Å². The standard InChI is InChI=1S/C22H24N2O4S/c1-16-6-8-18(9-7-16)29(26,27)15-12-21(25)24-13-10-17(11-14-24)22-23-19-4-2-3-5-20(19)28-22/h2-9,17H,10-15H2,1H3. The SMILES string of the molecule is Cc1ccc(S(=O)(=O)CCC(=O)N2CCC(c3nc4ccccc4o3)CC2)cc1. The molecule has 152 valence electrons. The Hall–Kier alpha value is -2.67. The van der Waals surface area contributed by atoms with E-state index in [1.54, 1.807) is 29.2 Å². The number of nitrogens with zero attached hydrogens (tertiary/aromatic N) is 2. The van der Waals surface area contributed by atoms with Gasteiger partial charge in [0.05, 0.1) is 10.6 Å². The molecule has 1 fully saturated rings. The lowest BCUT2D eigenvalue weighted by Crippen LogP contribution is -2.38. The number of benzene rings is 2. The van der Waals surface area contributed by atoms with Gasteiger partial charge in [-0.3, -0.25) is 4.79 Å². The zero-order chi connectivity index (χ0) is 20.4. The van der Waals surface area contributed by atoms with E-state index in [-0.39, 0.29) is 28.9 Å². The number of carbonyl (C=O) groups is 1. The molecule has 1 aliphatic heterocycles. The van der Waals surface area contributed by atoms with Gasteiger partial charge in [-0.05, 0) is 44.0 Å². The van der Waals surface area contributed by atoms with Crippen LogP contribution in [0.1, 0.15) is 36.6 Å². The van der Waals surface area contributed by atoms with Gasteiger partial charge in [0.2, 0.25) is 5.91 Å². The summed E-state index contributed by atoms with van der Waals surface area (Å²) in [7, 11) is -3.45. The summed E-state index contributed by atoms with van der Waals surface area (Å²) in [5, 5.41) is 0. The zero-order valence-corrected chi connectivity index (χ0v) is 17.2. The van der Waals surface area contributed by atoms with Crippen LogP contribution in [-0.4, -0.2) is 43.1 Å². The average Bonchev–Trinajstić information content (AvgIpc) is 3.17. The topological polar surface area (TPSA) is 80.5 Å². The number of piperidine rings is 1. The first-order valence-corrected chi connectivity index (χ1v) is 11.5. The first-order valence-electron chi connectivity index (χ1n) is 9.85. The number of para-hydroxylation sites is 2. The molecule has 2 aromatic carbocycles. The first kappa shape index (κ1) is 19.6. The fourth-order valence-electron chi connectivity index (χ4n) is 3.68. The Morgan fingerprint density at radius 2 is 1.79 bits per heavy atom. The third-order valence-electron chi connectivity index (χ3n) is 5.47. The second kappa shape index (κ2) is 7.99. The van der Waals surface area contributed by atoms with Gasteiger partial charge >= 0.3 is 0 Å². The van der Waals surface area contributed by atoms with Crippen LogP contribution in [0.5, 0.6) is 0 Å². The minimum absolute atomic E-state index is 0.00373. The Balaban J connectivity index is 1.32. The molecular weight excluding hydrogens is 388 g/mol. The molecule has 1 saturated heterocycles. The predicted molar refractivity (Wildman–Crippen MR) is 110 cm³/mol. The highest BCUT2D eigenvalue weighted by Gasteiger charge is 2.28. The minimum atomic E-state index is -3.45. The van der Waals surface area contributed by atoms with Crippen molar-refractivity contribution in [3.63, 3.8) is 0 Å². The van der Waals surface area contributed by atoms with E-state index in [1.165, 1.54) is 0 Å². The van der Waals surface area contributed by atoms with E-state index in [0.717, 1.165) is 35.4 Å². The van der Waals surface area contributed by atoms with Crippen LogP contribution >= 0.6 is 0 Å². The molecule has 0 spiro atoms. The monoisotopic (exact) mass is 412 g/mol. The van der Waals surface area contributed by atoms with Gasteiger partial charge in [-0.25, -0.2) is 13.4 Å². The molecule has 29 heavy (non-hydrogen) atoms. The van der Waals surface area contributed by atoms with E-state index in [1.807, 2.05) is 31.2 Å². The summed E-state index contributed by atoms with van der Waals surface area (Å²) in [5.74, 6) is 0.625. The van der Waals surface area contributed by atoms with Crippen molar-refractivity contribution in [3.8, 4) is 0 Å². The zero-order valence-electron chi connectivity index (χ0n) is 16.4. The van der Waals surface area contributed by atoms with Crippen molar-refractivity contribution in [2.75, 3.05) is 18.8 Å². The van der Waals surface area contributed by atoms with Crippen molar-refractivity contribution in [2.24, 2.45) is 0 Å². The second-order valence-electron chi connectivity index (χ2n) is 7.56. The van der Waals surface area contributed by atoms with Crippen LogP contribution in [0.3, 0.4) is 0 Å². The Kier molecular flexibility index (Phi) is 5.41. The normalized spacial score (nSPS) is 15.7. The molecule has 1 aromatic heterocycles. The lowest BCUT2D eigenvalue weighted by molar-refractivity contribution is -0.131. The van der Waals surface area contributed by atoms with Gasteiger partial charge in [0.25, 0.3) is 0 Å². The highest BCUT2D eigenvalue weighted by atomic mass is 32.2. The van der Waals surface area contributed by atoms with Crippen molar-refractivity contribution < 1.29 is 17.6 Å². The number of fused-ring (bicyclic) bond motifs is 1. The maximum atomic E-state index is 12.5. The van der Waals surface area contributed by atoms with Gasteiger partial charge in [-0.1, -0.05) is 29.8 Å². The summed E-state index contributed by atoms with van der Waals surface area (Å²) >= 11 is 0. The number of amides is 1. The molecule has 0 unspecified atom stereocenters. The molecule has 7 heteroatoms. The van der Waals surface area contributed by atoms with Crippen molar-refractivity contribution in [1.29, 1.82) is 0 Å². The molecular formula is C22H24N2O4S. The molecule has 0 saturated carbocycles. The molecule has 0 aliphatic carbocycles. The number of aryl methyl sites for hydroxylation is 1. The van der Waals surface area contributed by atoms with Gasteiger partial charge in [0.15, 0.2) is 21.3 Å². The third kappa shape index (κ3) is 4.34. The van der Waals surface area contributed by atoms with Crippen molar-refractivity contribution in [3.05, 3.63) is 60.0 Å². The molecule has 0 radical (unpaired) electrons. The molecule has 3 aromatic rings. The lowest BCUT2D eigenvalue weighted by Gasteiger charge is -2.30. The average molecular weight is 413 g/mol. The minimum Gasteiger partial charge on any atom is -0.440 e. The molecule has 6 nitrogen and oxygen atoms in total. The number of hydrogen-bond donors (Lipinski definition) is 0. The van der Waals surface area contributed by atoms with Gasteiger partial charge in [-0.2, -0.15) is 0 Å². The summed E-state index contributed by atoms with van der Waals surface area (Å²) in [6, 6.07) is 14.4. The fourth-order valence-corrected chi connectivity index (χ4v) is 4.91. The van der Waals surface area contributed by atoms with Crippen LogP contribution in [0.4, 0.5) is 0 Å². The number of sulfone groups is 1. The highest BCUT2D eigenvalue weighted by Crippen LogP contribution is 2.30. The van der Waals surface area contributed by atoms with Crippen LogP contribution in [0, 0.1) is 6.92 Å². The van der Waals surface area contributed by atoms with E-state index in [9.17, 15) is 13.2 Å².